The topological polar surface area (TPSA) is 44.5 Å². The summed E-state index contributed by atoms with van der Waals surface area (Å²) in [6.07, 6.45) is 14.3. The van der Waals surface area contributed by atoms with Crippen LogP contribution < -0.4 is 5.73 Å². The maximum Gasteiger partial charge on any atom is 0.104 e. The number of hydrogen-bond acceptors (Lipinski definition) is 3. The fraction of sp³-hybridized carbons (Fsp3) is 0.714. The van der Waals surface area contributed by atoms with Crippen molar-refractivity contribution in [1.82, 2.24) is 0 Å². The molecule has 2 saturated carbocycles. The van der Waals surface area contributed by atoms with Gasteiger partial charge in [-0.05, 0) is 67.7 Å². The lowest BCUT2D eigenvalue weighted by Crippen LogP contribution is -2.37. The zero-order valence-electron chi connectivity index (χ0n) is 14.8. The van der Waals surface area contributed by atoms with Crippen molar-refractivity contribution in [3.8, 4) is 0 Å². The minimum Gasteiger partial charge on any atom is -0.376 e. The van der Waals surface area contributed by atoms with Crippen molar-refractivity contribution in [2.45, 2.75) is 31.8 Å². The van der Waals surface area contributed by atoms with Gasteiger partial charge in [-0.15, -0.1) is 13.2 Å². The Kier molecular flexibility index (Phi) is 6.31. The molecule has 0 aromatic heterocycles. The molecule has 0 radical (unpaired) electrons. The standard InChI is InChI=1S/C21H33NO2/c1-3-15-7-18(19(8-15)11-22)6-5-16-9-17(4-2)20(10-16)12-24-21-13-23-14-21/h3-6,15-21H,1-2,7-14,22H2/b6-5-. The maximum atomic E-state index is 5.97. The van der Waals surface area contributed by atoms with Crippen LogP contribution in [0, 0.1) is 35.5 Å². The molecule has 2 N–H and O–H groups in total. The highest BCUT2D eigenvalue weighted by atomic mass is 16.6. The van der Waals surface area contributed by atoms with Crippen LogP contribution in [0.3, 0.4) is 0 Å². The molecule has 0 aromatic carbocycles. The van der Waals surface area contributed by atoms with E-state index in [1.807, 2.05) is 0 Å². The van der Waals surface area contributed by atoms with E-state index in [9.17, 15) is 0 Å². The van der Waals surface area contributed by atoms with E-state index in [4.69, 9.17) is 15.2 Å². The van der Waals surface area contributed by atoms with Crippen LogP contribution in [-0.4, -0.2) is 32.5 Å². The van der Waals surface area contributed by atoms with Crippen LogP contribution in [0.5, 0.6) is 0 Å². The van der Waals surface area contributed by atoms with Gasteiger partial charge in [0.05, 0.1) is 19.8 Å². The quantitative estimate of drug-likeness (QED) is 0.692. The lowest BCUT2D eigenvalue weighted by Gasteiger charge is -2.28. The van der Waals surface area contributed by atoms with E-state index in [2.05, 4.69) is 37.5 Å². The van der Waals surface area contributed by atoms with Gasteiger partial charge in [0.2, 0.25) is 0 Å². The third-order valence-corrected chi connectivity index (χ3v) is 6.29. The summed E-state index contributed by atoms with van der Waals surface area (Å²) in [6.45, 7) is 11.2. The van der Waals surface area contributed by atoms with E-state index < -0.39 is 0 Å². The Labute approximate surface area is 147 Å². The summed E-state index contributed by atoms with van der Waals surface area (Å²) in [7, 11) is 0. The summed E-state index contributed by atoms with van der Waals surface area (Å²) >= 11 is 0. The number of allylic oxidation sites excluding steroid dienone is 4. The van der Waals surface area contributed by atoms with Crippen LogP contribution in [-0.2, 0) is 9.47 Å². The van der Waals surface area contributed by atoms with E-state index >= 15 is 0 Å². The third-order valence-electron chi connectivity index (χ3n) is 6.29. The van der Waals surface area contributed by atoms with Gasteiger partial charge < -0.3 is 15.2 Å². The predicted molar refractivity (Wildman–Crippen MR) is 98.6 cm³/mol. The second kappa shape index (κ2) is 8.46. The zero-order chi connectivity index (χ0) is 16.9. The van der Waals surface area contributed by atoms with Gasteiger partial charge in [0.15, 0.2) is 0 Å². The van der Waals surface area contributed by atoms with Crippen molar-refractivity contribution < 1.29 is 9.47 Å². The number of nitrogens with two attached hydrogens (primary N) is 1. The fourth-order valence-corrected chi connectivity index (χ4v) is 4.61. The monoisotopic (exact) mass is 331 g/mol. The molecule has 134 valence electrons. The first-order chi connectivity index (χ1) is 11.7. The smallest absolute Gasteiger partial charge is 0.104 e. The molecule has 6 atom stereocenters. The molecule has 1 heterocycles. The minimum atomic E-state index is 0.324. The summed E-state index contributed by atoms with van der Waals surface area (Å²) in [6, 6.07) is 0. The number of ether oxygens (including phenoxy) is 2. The van der Waals surface area contributed by atoms with E-state index in [0.717, 1.165) is 26.4 Å². The van der Waals surface area contributed by atoms with Crippen molar-refractivity contribution >= 4 is 0 Å². The molecule has 2 aliphatic carbocycles. The molecule has 0 bridgehead atoms. The van der Waals surface area contributed by atoms with Gasteiger partial charge in [0, 0.05) is 0 Å². The Morgan fingerprint density at radius 3 is 2.29 bits per heavy atom. The van der Waals surface area contributed by atoms with Gasteiger partial charge in [-0.1, -0.05) is 24.3 Å². The normalized spacial score (nSPS) is 40.0. The molecular formula is C21H33NO2. The third kappa shape index (κ3) is 4.19. The van der Waals surface area contributed by atoms with Crippen molar-refractivity contribution in [2.75, 3.05) is 26.4 Å². The number of hydrogen-bond donors (Lipinski definition) is 1. The molecule has 3 fully saturated rings. The Morgan fingerprint density at radius 1 is 0.917 bits per heavy atom. The Hall–Kier alpha value is -0.900. The summed E-state index contributed by atoms with van der Waals surface area (Å²) in [5, 5.41) is 0. The van der Waals surface area contributed by atoms with Crippen molar-refractivity contribution in [1.29, 1.82) is 0 Å². The molecule has 3 rings (SSSR count). The van der Waals surface area contributed by atoms with Crippen LogP contribution in [0.15, 0.2) is 37.5 Å². The summed E-state index contributed by atoms with van der Waals surface area (Å²) in [5.74, 6) is 3.73. The molecule has 1 aliphatic heterocycles. The SMILES string of the molecule is C=CC1CC(/C=C\C2CC(C=C)C(COC3COC3)C2)C(CN)C1. The highest BCUT2D eigenvalue weighted by Gasteiger charge is 2.34. The second-order valence-electron chi connectivity index (χ2n) is 7.90. The summed E-state index contributed by atoms with van der Waals surface area (Å²) < 4.78 is 11.1. The predicted octanol–water partition coefficient (Wildman–Crippen LogP) is 3.57. The zero-order valence-corrected chi connectivity index (χ0v) is 14.8. The van der Waals surface area contributed by atoms with Gasteiger partial charge in [-0.3, -0.25) is 0 Å². The van der Waals surface area contributed by atoms with Gasteiger partial charge in [0.25, 0.3) is 0 Å². The maximum absolute atomic E-state index is 5.97. The molecule has 3 aliphatic rings. The van der Waals surface area contributed by atoms with E-state index in [1.165, 1.54) is 25.7 Å². The highest BCUT2D eigenvalue weighted by Crippen LogP contribution is 2.41. The van der Waals surface area contributed by atoms with Gasteiger partial charge in [-0.2, -0.15) is 0 Å². The Balaban J connectivity index is 1.51. The van der Waals surface area contributed by atoms with Crippen molar-refractivity contribution in [3.05, 3.63) is 37.5 Å². The van der Waals surface area contributed by atoms with Crippen molar-refractivity contribution in [2.24, 2.45) is 41.2 Å². The first kappa shape index (κ1) is 17.9. The molecule has 24 heavy (non-hydrogen) atoms. The Bertz CT molecular complexity index is 457. The summed E-state index contributed by atoms with van der Waals surface area (Å²) in [4.78, 5) is 0. The van der Waals surface area contributed by atoms with E-state index in [-0.39, 0.29) is 0 Å². The average molecular weight is 332 g/mol. The minimum absolute atomic E-state index is 0.324. The average Bonchev–Trinajstić information content (AvgIpc) is 3.14. The van der Waals surface area contributed by atoms with Gasteiger partial charge in [0.1, 0.15) is 6.10 Å². The first-order valence-corrected chi connectivity index (χ1v) is 9.56. The van der Waals surface area contributed by atoms with Gasteiger partial charge >= 0.3 is 0 Å². The van der Waals surface area contributed by atoms with Crippen LogP contribution >= 0.6 is 0 Å². The molecule has 3 heteroatoms. The molecule has 6 unspecified atom stereocenters. The lowest BCUT2D eigenvalue weighted by molar-refractivity contribution is -0.137. The number of rotatable bonds is 8. The molecule has 3 nitrogen and oxygen atoms in total. The highest BCUT2D eigenvalue weighted by molar-refractivity contribution is 5.06. The molecule has 1 saturated heterocycles. The van der Waals surface area contributed by atoms with Crippen LogP contribution in [0.25, 0.3) is 0 Å². The fourth-order valence-electron chi connectivity index (χ4n) is 4.61. The van der Waals surface area contributed by atoms with Crippen LogP contribution in [0.2, 0.25) is 0 Å². The molecule has 0 spiro atoms. The van der Waals surface area contributed by atoms with Crippen LogP contribution in [0.4, 0.5) is 0 Å². The Morgan fingerprint density at radius 2 is 1.67 bits per heavy atom. The van der Waals surface area contributed by atoms with Crippen molar-refractivity contribution in [3.63, 3.8) is 0 Å². The van der Waals surface area contributed by atoms with E-state index in [1.54, 1.807) is 0 Å². The lowest BCUT2D eigenvalue weighted by atomic mass is 9.93. The van der Waals surface area contributed by atoms with E-state index in [0.29, 0.717) is 41.6 Å². The second-order valence-corrected chi connectivity index (χ2v) is 7.90. The van der Waals surface area contributed by atoms with Crippen LogP contribution in [0.1, 0.15) is 25.7 Å². The molecule has 0 aromatic rings. The first-order valence-electron chi connectivity index (χ1n) is 9.56. The van der Waals surface area contributed by atoms with Gasteiger partial charge in [-0.25, -0.2) is 0 Å². The molecular weight excluding hydrogens is 298 g/mol. The largest absolute Gasteiger partial charge is 0.376 e. The summed E-state index contributed by atoms with van der Waals surface area (Å²) in [5.41, 5.74) is 5.97. The molecule has 0 amide bonds.